The van der Waals surface area contributed by atoms with Crippen molar-refractivity contribution in [1.29, 1.82) is 0 Å². The zero-order chi connectivity index (χ0) is 15.5. The Hall–Kier alpha value is -2.04. The minimum Gasteiger partial charge on any atom is -0.369 e. The van der Waals surface area contributed by atoms with Gasteiger partial charge in [-0.2, -0.15) is 4.99 Å². The molecular weight excluding hydrogens is 252 g/mol. The number of aliphatic imine (C=N–C) groups is 1. The maximum atomic E-state index is 11.7. The monoisotopic (exact) mass is 276 g/mol. The number of nitrogens with zero attached hydrogens (tertiary/aromatic N) is 2. The largest absolute Gasteiger partial charge is 0.369 e. The van der Waals surface area contributed by atoms with Crippen LogP contribution in [0.4, 0.5) is 10.5 Å². The third-order valence-electron chi connectivity index (χ3n) is 2.76. The highest BCUT2D eigenvalue weighted by molar-refractivity contribution is 6.01. The molecule has 0 aromatic heterocycles. The van der Waals surface area contributed by atoms with Crippen LogP contribution in [0.5, 0.6) is 0 Å². The molecule has 0 fully saturated rings. The van der Waals surface area contributed by atoms with Crippen LogP contribution >= 0.6 is 0 Å². The lowest BCUT2D eigenvalue weighted by atomic mass is 10.1. The summed E-state index contributed by atoms with van der Waals surface area (Å²) in [5.74, 6) is 0.165. The summed E-state index contributed by atoms with van der Waals surface area (Å²) in [5, 5.41) is 2.75. The molecule has 0 saturated heterocycles. The average molecular weight is 276 g/mol. The number of carbonyl (C=O) groups excluding carboxylic acids is 1. The van der Waals surface area contributed by atoms with Crippen LogP contribution in [0, 0.1) is 13.8 Å². The molecule has 1 aromatic carbocycles. The average Bonchev–Trinajstić information content (AvgIpc) is 2.25. The van der Waals surface area contributed by atoms with E-state index in [1.54, 1.807) is 11.9 Å². The lowest BCUT2D eigenvalue weighted by molar-refractivity contribution is 0.241. The molecule has 110 valence electrons. The van der Waals surface area contributed by atoms with E-state index in [0.717, 1.165) is 11.3 Å². The molecule has 0 heterocycles. The Morgan fingerprint density at radius 3 is 2.40 bits per heavy atom. The number of anilines is 1. The zero-order valence-electron chi connectivity index (χ0n) is 13.1. The second kappa shape index (κ2) is 5.94. The van der Waals surface area contributed by atoms with Crippen LogP contribution in [0.15, 0.2) is 23.2 Å². The van der Waals surface area contributed by atoms with E-state index in [-0.39, 0.29) is 11.5 Å². The van der Waals surface area contributed by atoms with Gasteiger partial charge >= 0.3 is 6.03 Å². The Balaban J connectivity index is 2.90. The molecule has 0 aliphatic rings. The van der Waals surface area contributed by atoms with Gasteiger partial charge in [-0.15, -0.1) is 0 Å². The SMILES string of the molecule is Cc1ccc(N(C)C(N)=NC(=O)NC(C)(C)C)c(C)c1. The molecule has 5 heteroatoms. The second-order valence-corrected chi connectivity index (χ2v) is 6.00. The van der Waals surface area contributed by atoms with Crippen LogP contribution in [0.1, 0.15) is 31.9 Å². The number of aryl methyl sites for hydroxylation is 2. The van der Waals surface area contributed by atoms with E-state index >= 15 is 0 Å². The van der Waals surface area contributed by atoms with E-state index in [0.29, 0.717) is 0 Å². The highest BCUT2D eigenvalue weighted by Crippen LogP contribution is 2.19. The van der Waals surface area contributed by atoms with Gasteiger partial charge in [-0.25, -0.2) is 4.79 Å². The fraction of sp³-hybridized carbons (Fsp3) is 0.467. The molecule has 0 radical (unpaired) electrons. The van der Waals surface area contributed by atoms with E-state index in [2.05, 4.69) is 16.4 Å². The summed E-state index contributed by atoms with van der Waals surface area (Å²) in [4.78, 5) is 17.3. The van der Waals surface area contributed by atoms with Crippen molar-refractivity contribution in [3.8, 4) is 0 Å². The van der Waals surface area contributed by atoms with Gasteiger partial charge in [0.05, 0.1) is 0 Å². The van der Waals surface area contributed by atoms with E-state index < -0.39 is 6.03 Å². The van der Waals surface area contributed by atoms with Gasteiger partial charge in [0.1, 0.15) is 0 Å². The second-order valence-electron chi connectivity index (χ2n) is 6.00. The molecular formula is C15H24N4O. The van der Waals surface area contributed by atoms with Gasteiger partial charge in [-0.1, -0.05) is 17.7 Å². The van der Waals surface area contributed by atoms with Crippen LogP contribution in [0.3, 0.4) is 0 Å². The van der Waals surface area contributed by atoms with Gasteiger partial charge in [-0.05, 0) is 46.2 Å². The van der Waals surface area contributed by atoms with Gasteiger partial charge in [-0.3, -0.25) is 0 Å². The predicted molar refractivity (Wildman–Crippen MR) is 84.2 cm³/mol. The Labute approximate surface area is 120 Å². The first-order chi connectivity index (χ1) is 9.10. The van der Waals surface area contributed by atoms with Gasteiger partial charge < -0.3 is 16.0 Å². The highest BCUT2D eigenvalue weighted by atomic mass is 16.2. The van der Waals surface area contributed by atoms with Crippen molar-refractivity contribution >= 4 is 17.7 Å². The summed E-state index contributed by atoms with van der Waals surface area (Å²) in [7, 11) is 1.79. The number of urea groups is 1. The van der Waals surface area contributed by atoms with E-state index in [9.17, 15) is 4.79 Å². The predicted octanol–water partition coefficient (Wildman–Crippen LogP) is 2.56. The van der Waals surface area contributed by atoms with E-state index in [4.69, 9.17) is 5.73 Å². The summed E-state index contributed by atoms with van der Waals surface area (Å²) in [6, 6.07) is 5.59. The molecule has 0 saturated carbocycles. The first kappa shape index (κ1) is 16.0. The molecule has 0 bridgehead atoms. The van der Waals surface area contributed by atoms with Crippen LogP contribution in [0.2, 0.25) is 0 Å². The third kappa shape index (κ3) is 4.57. The summed E-state index contributed by atoms with van der Waals surface area (Å²) in [6.07, 6.45) is 0. The van der Waals surface area contributed by atoms with Gasteiger partial charge in [0, 0.05) is 18.3 Å². The van der Waals surface area contributed by atoms with E-state index in [1.807, 2.05) is 46.8 Å². The summed E-state index contributed by atoms with van der Waals surface area (Å²) in [5.41, 5.74) is 8.75. The van der Waals surface area contributed by atoms with Crippen molar-refractivity contribution in [2.24, 2.45) is 10.7 Å². The minimum absolute atomic E-state index is 0.165. The van der Waals surface area contributed by atoms with E-state index in [1.165, 1.54) is 5.56 Å². The summed E-state index contributed by atoms with van der Waals surface area (Å²) in [6.45, 7) is 9.71. The normalized spacial score (nSPS) is 12.2. The van der Waals surface area contributed by atoms with Crippen LogP contribution < -0.4 is 16.0 Å². The number of carbonyl (C=O) groups is 1. The molecule has 0 aliphatic heterocycles. The molecule has 0 spiro atoms. The molecule has 0 unspecified atom stereocenters. The molecule has 0 atom stereocenters. The Bertz CT molecular complexity index is 529. The minimum atomic E-state index is -0.438. The van der Waals surface area contributed by atoms with Crippen LogP contribution in [0.25, 0.3) is 0 Å². The number of amides is 2. The molecule has 5 nitrogen and oxygen atoms in total. The lowest BCUT2D eigenvalue weighted by Crippen LogP contribution is -2.42. The van der Waals surface area contributed by atoms with Gasteiger partial charge in [0.25, 0.3) is 0 Å². The molecule has 2 amide bonds. The van der Waals surface area contributed by atoms with Gasteiger partial charge in [0.15, 0.2) is 0 Å². The highest BCUT2D eigenvalue weighted by Gasteiger charge is 2.15. The smallest absolute Gasteiger partial charge is 0.344 e. The molecule has 0 aliphatic carbocycles. The maximum Gasteiger partial charge on any atom is 0.344 e. The quantitative estimate of drug-likeness (QED) is 0.611. The Morgan fingerprint density at radius 2 is 1.90 bits per heavy atom. The zero-order valence-corrected chi connectivity index (χ0v) is 13.1. The number of guanidine groups is 1. The Kier molecular flexibility index (Phi) is 4.76. The Morgan fingerprint density at radius 1 is 1.30 bits per heavy atom. The maximum absolute atomic E-state index is 11.7. The number of rotatable bonds is 1. The molecule has 20 heavy (non-hydrogen) atoms. The summed E-state index contributed by atoms with van der Waals surface area (Å²) >= 11 is 0. The fourth-order valence-corrected chi connectivity index (χ4v) is 1.83. The topological polar surface area (TPSA) is 70.7 Å². The third-order valence-corrected chi connectivity index (χ3v) is 2.76. The molecule has 1 aromatic rings. The molecule has 3 N–H and O–H groups in total. The van der Waals surface area contributed by atoms with Crippen LogP contribution in [-0.2, 0) is 0 Å². The number of hydrogen-bond acceptors (Lipinski definition) is 1. The molecule has 1 rings (SSSR count). The van der Waals surface area contributed by atoms with Crippen molar-refractivity contribution in [1.82, 2.24) is 5.32 Å². The van der Waals surface area contributed by atoms with Crippen molar-refractivity contribution in [3.63, 3.8) is 0 Å². The lowest BCUT2D eigenvalue weighted by Gasteiger charge is -2.22. The summed E-state index contributed by atoms with van der Waals surface area (Å²) < 4.78 is 0. The van der Waals surface area contributed by atoms with Crippen molar-refractivity contribution in [3.05, 3.63) is 29.3 Å². The van der Waals surface area contributed by atoms with Crippen molar-refractivity contribution in [2.75, 3.05) is 11.9 Å². The number of nitrogens with one attached hydrogen (secondary N) is 1. The van der Waals surface area contributed by atoms with Crippen LogP contribution in [-0.4, -0.2) is 24.6 Å². The fourth-order valence-electron chi connectivity index (χ4n) is 1.83. The van der Waals surface area contributed by atoms with Crippen molar-refractivity contribution < 1.29 is 4.79 Å². The number of benzene rings is 1. The first-order valence-electron chi connectivity index (χ1n) is 6.57. The van der Waals surface area contributed by atoms with Crippen molar-refractivity contribution in [2.45, 2.75) is 40.2 Å². The number of hydrogen-bond donors (Lipinski definition) is 2. The first-order valence-corrected chi connectivity index (χ1v) is 6.57. The standard InChI is InChI=1S/C15H24N4O/c1-10-7-8-12(11(2)9-10)19(6)13(16)17-14(20)18-15(3,4)5/h7-9H,1-6H3,(H3,16,17,18,20). The number of nitrogens with two attached hydrogens (primary N) is 1. The van der Waals surface area contributed by atoms with Gasteiger partial charge in [0.2, 0.25) is 5.96 Å².